The van der Waals surface area contributed by atoms with Crippen molar-refractivity contribution in [1.29, 1.82) is 0 Å². The Morgan fingerprint density at radius 1 is 1.08 bits per heavy atom. The van der Waals surface area contributed by atoms with Gasteiger partial charge in [-0.2, -0.15) is 0 Å². The number of rotatable bonds is 5. The Morgan fingerprint density at radius 2 is 1.71 bits per heavy atom. The lowest BCUT2D eigenvalue weighted by Gasteiger charge is -2.13. The van der Waals surface area contributed by atoms with Crippen LogP contribution in [0, 0.1) is 10.7 Å². The summed E-state index contributed by atoms with van der Waals surface area (Å²) >= 11 is 5.69. The highest BCUT2D eigenvalue weighted by Crippen LogP contribution is 2.29. The Balaban J connectivity index is 2.07. The van der Waals surface area contributed by atoms with Gasteiger partial charge < -0.3 is 9.29 Å². The number of carbonyl (C=O) groups is 1. The van der Waals surface area contributed by atoms with E-state index < -0.39 is 16.1 Å². The molecule has 5 nitrogen and oxygen atoms in total. The molecule has 0 aromatic heterocycles. The van der Waals surface area contributed by atoms with Gasteiger partial charge in [0.1, 0.15) is 15.9 Å². The van der Waals surface area contributed by atoms with Gasteiger partial charge in [0.2, 0.25) is 0 Å². The fourth-order valence-electron chi connectivity index (χ4n) is 1.96. The van der Waals surface area contributed by atoms with Crippen molar-refractivity contribution in [3.63, 3.8) is 0 Å². The molecule has 0 aliphatic carbocycles. The predicted molar refractivity (Wildman–Crippen MR) is 113 cm³/mol. The molecule has 0 fully saturated rings. The Hall–Kier alpha value is 0.01000. The van der Waals surface area contributed by atoms with Crippen molar-refractivity contribution in [3.8, 4) is 5.75 Å². The minimum atomic E-state index is -4.57. The molecule has 0 radical (unpaired) electrons. The third-order valence-corrected chi connectivity index (χ3v) is 7.00. The molecule has 0 bridgehead atoms. The molecule has 128 valence electrons. The van der Waals surface area contributed by atoms with E-state index in [4.69, 9.17) is 4.74 Å². The van der Waals surface area contributed by atoms with Crippen LogP contribution in [0.5, 0.6) is 5.75 Å². The fourth-order valence-corrected chi connectivity index (χ4v) is 6.49. The van der Waals surface area contributed by atoms with Gasteiger partial charge in [0.25, 0.3) is 0 Å². The van der Waals surface area contributed by atoms with Crippen LogP contribution in [-0.2, 0) is 21.3 Å². The van der Waals surface area contributed by atoms with Gasteiger partial charge in [-0.05, 0) is 104 Å². The van der Waals surface area contributed by atoms with Crippen molar-refractivity contribution in [1.82, 2.24) is 0 Å². The summed E-state index contributed by atoms with van der Waals surface area (Å²) in [7, 11) is -4.57. The van der Waals surface area contributed by atoms with E-state index >= 15 is 0 Å². The molecule has 0 heterocycles. The van der Waals surface area contributed by atoms with E-state index in [9.17, 15) is 17.8 Å². The monoisotopic (exact) mass is 683 g/mol. The minimum absolute atomic E-state index is 0.203. The smallest absolute Gasteiger partial charge is 0.311 e. The van der Waals surface area contributed by atoms with Crippen LogP contribution in [0.4, 0.5) is 0 Å². The highest BCUT2D eigenvalue weighted by molar-refractivity contribution is 14.1. The molecule has 2 rings (SSSR count). The van der Waals surface area contributed by atoms with Gasteiger partial charge in [-0.3, -0.25) is 4.79 Å². The van der Waals surface area contributed by atoms with Crippen molar-refractivity contribution < 1.29 is 22.5 Å². The van der Waals surface area contributed by atoms with Crippen LogP contribution in [-0.4, -0.2) is 18.9 Å². The van der Waals surface area contributed by atoms with E-state index in [1.807, 2.05) is 24.3 Å². The molecule has 9 heteroatoms. The Kier molecular flexibility index (Phi) is 7.28. The first kappa shape index (κ1) is 20.3. The average molecular weight is 683 g/mol. The van der Waals surface area contributed by atoms with Crippen molar-refractivity contribution >= 4 is 83.9 Å². The van der Waals surface area contributed by atoms with Crippen molar-refractivity contribution in [2.45, 2.75) is 17.7 Å². The predicted octanol–water partition coefficient (Wildman–Crippen LogP) is 3.94. The normalized spacial score (nSPS) is 11.3. The molecule has 24 heavy (non-hydrogen) atoms. The van der Waals surface area contributed by atoms with Crippen LogP contribution in [0.1, 0.15) is 12.0 Å². The highest BCUT2D eigenvalue weighted by Gasteiger charge is 2.15. The minimum Gasteiger partial charge on any atom is -0.744 e. The molecule has 0 atom stereocenters. The maximum atomic E-state index is 12.0. The van der Waals surface area contributed by atoms with Gasteiger partial charge in [0, 0.05) is 17.1 Å². The number of carbonyl (C=O) groups excluding carboxylic acids is 1. The number of hydrogen-bond donors (Lipinski definition) is 0. The molecule has 2 aromatic rings. The lowest BCUT2D eigenvalue weighted by Crippen LogP contribution is -2.11. The van der Waals surface area contributed by atoms with Crippen molar-refractivity contribution in [2.24, 2.45) is 0 Å². The summed E-state index contributed by atoms with van der Waals surface area (Å²) in [6, 6.07) is 10.6. The van der Waals surface area contributed by atoms with Crippen LogP contribution in [0.15, 0.2) is 41.3 Å². The molecule has 2 aromatic carbocycles. The first-order valence-electron chi connectivity index (χ1n) is 6.57. The van der Waals surface area contributed by atoms with Crippen LogP contribution in [0.3, 0.4) is 0 Å². The summed E-state index contributed by atoms with van der Waals surface area (Å²) in [5, 5.41) is 0. The number of ether oxygens (including phenoxy) is 1. The topological polar surface area (TPSA) is 83.5 Å². The fraction of sp³-hybridized carbons (Fsp3) is 0.133. The Labute approximate surface area is 180 Å². The van der Waals surface area contributed by atoms with E-state index in [-0.39, 0.29) is 24.2 Å². The maximum absolute atomic E-state index is 12.0. The molecule has 0 amide bonds. The van der Waals surface area contributed by atoms with Crippen LogP contribution in [0.25, 0.3) is 0 Å². The van der Waals surface area contributed by atoms with Crippen LogP contribution >= 0.6 is 67.8 Å². The van der Waals surface area contributed by atoms with Crippen molar-refractivity contribution in [3.05, 3.63) is 52.7 Å². The van der Waals surface area contributed by atoms with Gasteiger partial charge in [0.15, 0.2) is 0 Å². The molecular formula is C15H10I3O5S-. The second kappa shape index (κ2) is 8.60. The van der Waals surface area contributed by atoms with Crippen LogP contribution in [0.2, 0.25) is 0 Å². The summed E-state index contributed by atoms with van der Waals surface area (Å²) in [6.45, 7) is 0. The number of benzene rings is 2. The molecule has 0 aliphatic rings. The van der Waals surface area contributed by atoms with Crippen molar-refractivity contribution in [2.75, 3.05) is 0 Å². The lowest BCUT2D eigenvalue weighted by molar-refractivity contribution is -0.134. The largest absolute Gasteiger partial charge is 0.744 e. The van der Waals surface area contributed by atoms with Crippen LogP contribution < -0.4 is 4.74 Å². The molecule has 0 aliphatic heterocycles. The third-order valence-electron chi connectivity index (χ3n) is 2.96. The number of esters is 1. The molecule has 0 saturated heterocycles. The Morgan fingerprint density at radius 3 is 2.25 bits per heavy atom. The second-order valence-electron chi connectivity index (χ2n) is 4.77. The summed E-state index contributed by atoms with van der Waals surface area (Å²) in [5.74, 6) is -0.193. The van der Waals surface area contributed by atoms with Gasteiger partial charge >= 0.3 is 5.97 Å². The number of aryl methyl sites for hydroxylation is 1. The molecule has 0 saturated carbocycles. The first-order valence-corrected chi connectivity index (χ1v) is 11.2. The lowest BCUT2D eigenvalue weighted by atomic mass is 10.1. The molecular weight excluding hydrogens is 673 g/mol. The zero-order valence-electron chi connectivity index (χ0n) is 12.0. The van der Waals surface area contributed by atoms with Gasteiger partial charge in [-0.15, -0.1) is 0 Å². The highest BCUT2D eigenvalue weighted by atomic mass is 127. The first-order chi connectivity index (χ1) is 11.2. The standard InChI is InChI=1S/C15H11I3O5S/c16-10-3-1-2-9(6-10)4-5-14(19)23-11-7-12(17)15(13(18)8-11)24(20,21)22/h1-3,6-8H,4-5H2,(H,20,21,22)/p-1. The summed E-state index contributed by atoms with van der Waals surface area (Å²) in [6.07, 6.45) is 0.756. The van der Waals surface area contributed by atoms with Gasteiger partial charge in [-0.25, -0.2) is 8.42 Å². The summed E-state index contributed by atoms with van der Waals surface area (Å²) in [4.78, 5) is 11.7. The zero-order valence-corrected chi connectivity index (χ0v) is 19.3. The van der Waals surface area contributed by atoms with E-state index in [0.29, 0.717) is 6.42 Å². The SMILES string of the molecule is O=C(CCc1cccc(I)c1)Oc1cc(I)c(S(=O)(=O)[O-])c(I)c1. The summed E-state index contributed by atoms with van der Waals surface area (Å²) in [5.41, 5.74) is 1.04. The van der Waals surface area contributed by atoms with Gasteiger partial charge in [0.05, 0.1) is 4.90 Å². The van der Waals surface area contributed by atoms with E-state index in [1.165, 1.54) is 12.1 Å². The average Bonchev–Trinajstić information content (AvgIpc) is 2.43. The molecule has 0 N–H and O–H groups in total. The third kappa shape index (κ3) is 5.78. The molecule has 0 spiro atoms. The second-order valence-corrected chi connectivity index (χ2v) is 9.66. The number of hydrogen-bond acceptors (Lipinski definition) is 5. The zero-order chi connectivity index (χ0) is 17.9. The maximum Gasteiger partial charge on any atom is 0.311 e. The Bertz CT molecular complexity index is 857. The van der Waals surface area contributed by atoms with Gasteiger partial charge in [-0.1, -0.05) is 12.1 Å². The molecule has 0 unspecified atom stereocenters. The van der Waals surface area contributed by atoms with E-state index in [2.05, 4.69) is 22.6 Å². The van der Waals surface area contributed by atoms with E-state index in [1.54, 1.807) is 45.2 Å². The quantitative estimate of drug-likeness (QED) is 0.207. The van der Waals surface area contributed by atoms with E-state index in [0.717, 1.165) is 9.13 Å². The summed E-state index contributed by atoms with van der Waals surface area (Å²) < 4.78 is 40.5. The number of halogens is 3.